The largest absolute Gasteiger partial charge is 0.481 e. The van der Waals surface area contributed by atoms with Crippen molar-refractivity contribution < 1.29 is 24.6 Å². The molecule has 33 heavy (non-hydrogen) atoms. The molecule has 1 aromatic rings. The van der Waals surface area contributed by atoms with Gasteiger partial charge in [0.2, 0.25) is 5.91 Å². The van der Waals surface area contributed by atoms with Crippen LogP contribution < -0.4 is 4.90 Å². The van der Waals surface area contributed by atoms with Gasteiger partial charge in [-0.05, 0) is 44.2 Å². The van der Waals surface area contributed by atoms with Gasteiger partial charge >= 0.3 is 5.97 Å². The molecule has 178 valence electrons. The number of unbranched alkanes of at least 4 members (excludes halogenated alkanes) is 1. The molecule has 3 aliphatic rings. The lowest BCUT2D eigenvalue weighted by molar-refractivity contribution is -0.148. The summed E-state index contributed by atoms with van der Waals surface area (Å²) in [6.07, 6.45) is 3.96. The second-order valence-electron chi connectivity index (χ2n) is 9.00. The maximum Gasteiger partial charge on any atom is 0.308 e. The van der Waals surface area contributed by atoms with Crippen LogP contribution in [0.15, 0.2) is 30.9 Å². The Bertz CT molecular complexity index is 967. The first-order valence-electron chi connectivity index (χ1n) is 11.3. The first-order chi connectivity index (χ1) is 15.8. The van der Waals surface area contributed by atoms with Gasteiger partial charge in [-0.3, -0.25) is 14.4 Å². The maximum atomic E-state index is 14.2. The fourth-order valence-electron chi connectivity index (χ4n) is 5.88. The number of carbonyl (C=O) groups excluding carboxylic acids is 2. The molecule has 1 spiro atoms. The number of benzene rings is 1. The van der Waals surface area contributed by atoms with Crippen molar-refractivity contribution in [2.24, 2.45) is 11.8 Å². The molecule has 0 aliphatic carbocycles. The van der Waals surface area contributed by atoms with E-state index in [-0.39, 0.29) is 30.2 Å². The number of hydrogen-bond acceptors (Lipinski definition) is 5. The van der Waals surface area contributed by atoms with E-state index in [1.165, 1.54) is 11.8 Å². The zero-order chi connectivity index (χ0) is 23.9. The molecule has 1 aromatic carbocycles. The van der Waals surface area contributed by atoms with E-state index >= 15 is 0 Å². The second-order valence-corrected chi connectivity index (χ2v) is 11.0. The number of thioether (sulfide) groups is 1. The van der Waals surface area contributed by atoms with Gasteiger partial charge in [-0.2, -0.15) is 0 Å². The number of aliphatic carboxylic acids is 1. The molecule has 3 aliphatic heterocycles. The van der Waals surface area contributed by atoms with E-state index in [0.717, 1.165) is 5.56 Å². The van der Waals surface area contributed by atoms with E-state index in [9.17, 15) is 24.6 Å². The van der Waals surface area contributed by atoms with Gasteiger partial charge in [-0.15, -0.1) is 18.3 Å². The highest BCUT2D eigenvalue weighted by Gasteiger charge is 2.74. The zero-order valence-corrected chi connectivity index (χ0v) is 20.1. The number of aryl methyl sites for hydroxylation is 1. The van der Waals surface area contributed by atoms with Gasteiger partial charge in [0.15, 0.2) is 0 Å². The van der Waals surface area contributed by atoms with E-state index in [1.54, 1.807) is 21.9 Å². The summed E-state index contributed by atoms with van der Waals surface area (Å²) >= 11 is 8.02. The van der Waals surface area contributed by atoms with Gasteiger partial charge in [0, 0.05) is 24.9 Å². The van der Waals surface area contributed by atoms with E-state index in [1.807, 2.05) is 19.1 Å². The van der Waals surface area contributed by atoms with Crippen molar-refractivity contribution >= 4 is 46.8 Å². The standard InChI is InChI=1S/C24H29ClN2O5S/c1-3-11-26(19-14(2)7-6-8-15(19)25)22(30)20-24-10-9-16(33-24)17(23(31)32)18(24)21(29)27(20)12-4-5-13-28/h3,6-8,16-18,20,28H,1,4-5,9-13H2,2H3,(H,31,32)/t16-,17+,18-,20?,24?/m0/s1. The fraction of sp³-hybridized carbons (Fsp3) is 0.542. The van der Waals surface area contributed by atoms with Gasteiger partial charge in [-0.1, -0.05) is 29.8 Å². The first-order valence-corrected chi connectivity index (χ1v) is 12.5. The topological polar surface area (TPSA) is 98.2 Å². The van der Waals surface area contributed by atoms with Crippen molar-refractivity contribution in [3.63, 3.8) is 0 Å². The molecule has 2 N–H and O–H groups in total. The van der Waals surface area contributed by atoms with Gasteiger partial charge in [0.05, 0.1) is 27.3 Å². The number of carboxylic acid groups (broad SMARTS) is 1. The number of fused-ring (bicyclic) bond motifs is 1. The minimum atomic E-state index is -0.972. The van der Waals surface area contributed by atoms with Crippen LogP contribution in [0.3, 0.4) is 0 Å². The fourth-order valence-corrected chi connectivity index (χ4v) is 8.41. The summed E-state index contributed by atoms with van der Waals surface area (Å²) in [6, 6.07) is 4.63. The summed E-state index contributed by atoms with van der Waals surface area (Å²) in [5.41, 5.74) is 1.41. The normalized spacial score (nSPS) is 29.9. The van der Waals surface area contributed by atoms with Crippen LogP contribution in [0.4, 0.5) is 5.69 Å². The number of amides is 2. The van der Waals surface area contributed by atoms with Gasteiger partial charge in [-0.25, -0.2) is 0 Å². The molecule has 3 fully saturated rings. The lowest BCUT2D eigenvalue weighted by Gasteiger charge is -2.37. The number of hydrogen-bond donors (Lipinski definition) is 2. The molecule has 2 unspecified atom stereocenters. The molecule has 4 rings (SSSR count). The lowest BCUT2D eigenvalue weighted by Crippen LogP contribution is -2.55. The number of para-hydroxylation sites is 1. The summed E-state index contributed by atoms with van der Waals surface area (Å²) in [5.74, 6) is -3.00. The summed E-state index contributed by atoms with van der Waals surface area (Å²) in [6.45, 7) is 6.19. The molecule has 3 saturated heterocycles. The Hall–Kier alpha value is -2.03. The third-order valence-electron chi connectivity index (χ3n) is 7.16. The average molecular weight is 493 g/mol. The molecule has 2 amide bonds. The Morgan fingerprint density at radius 2 is 2.15 bits per heavy atom. The average Bonchev–Trinajstić information content (AvgIpc) is 3.40. The van der Waals surface area contributed by atoms with Crippen molar-refractivity contribution in [3.05, 3.63) is 41.4 Å². The monoisotopic (exact) mass is 492 g/mol. The van der Waals surface area contributed by atoms with Crippen LogP contribution in [0.25, 0.3) is 0 Å². The van der Waals surface area contributed by atoms with Crippen LogP contribution >= 0.6 is 23.4 Å². The van der Waals surface area contributed by atoms with Crippen molar-refractivity contribution in [2.45, 2.75) is 48.6 Å². The molecule has 5 atom stereocenters. The Morgan fingerprint density at radius 3 is 2.79 bits per heavy atom. The number of aliphatic hydroxyl groups is 1. The zero-order valence-electron chi connectivity index (χ0n) is 18.6. The van der Waals surface area contributed by atoms with Crippen LogP contribution in [-0.2, 0) is 14.4 Å². The number of carboxylic acids is 1. The molecule has 3 heterocycles. The Morgan fingerprint density at radius 1 is 1.39 bits per heavy atom. The number of nitrogens with zero attached hydrogens (tertiary/aromatic N) is 2. The Kier molecular flexibility index (Phi) is 6.80. The molecular formula is C24H29ClN2O5S. The lowest BCUT2D eigenvalue weighted by atomic mass is 9.71. The molecule has 2 bridgehead atoms. The van der Waals surface area contributed by atoms with Crippen LogP contribution in [-0.4, -0.2) is 68.6 Å². The number of carbonyl (C=O) groups is 3. The van der Waals surface area contributed by atoms with Crippen LogP contribution in [0.1, 0.15) is 31.2 Å². The minimum absolute atomic E-state index is 0.00873. The molecule has 0 radical (unpaired) electrons. The Balaban J connectivity index is 1.79. The van der Waals surface area contributed by atoms with Crippen LogP contribution in [0, 0.1) is 18.8 Å². The maximum absolute atomic E-state index is 14.2. The second kappa shape index (κ2) is 9.31. The van der Waals surface area contributed by atoms with Crippen LogP contribution in [0.5, 0.6) is 0 Å². The van der Waals surface area contributed by atoms with Crippen molar-refractivity contribution in [1.29, 1.82) is 0 Å². The number of aliphatic hydroxyl groups excluding tert-OH is 1. The van der Waals surface area contributed by atoms with Crippen molar-refractivity contribution in [2.75, 3.05) is 24.6 Å². The summed E-state index contributed by atoms with van der Waals surface area (Å²) in [4.78, 5) is 43.1. The number of anilines is 1. The number of likely N-dealkylation sites (tertiary alicyclic amines) is 1. The van der Waals surface area contributed by atoms with E-state index in [2.05, 4.69) is 6.58 Å². The summed E-state index contributed by atoms with van der Waals surface area (Å²) in [7, 11) is 0. The van der Waals surface area contributed by atoms with E-state index < -0.39 is 28.6 Å². The molecule has 0 saturated carbocycles. The summed E-state index contributed by atoms with van der Waals surface area (Å²) < 4.78 is -0.768. The predicted octanol–water partition coefficient (Wildman–Crippen LogP) is 3.12. The van der Waals surface area contributed by atoms with E-state index in [0.29, 0.717) is 42.9 Å². The van der Waals surface area contributed by atoms with Crippen LogP contribution in [0.2, 0.25) is 5.02 Å². The third-order valence-corrected chi connectivity index (χ3v) is 9.42. The summed E-state index contributed by atoms with van der Waals surface area (Å²) in [5, 5.41) is 19.4. The van der Waals surface area contributed by atoms with Gasteiger partial charge < -0.3 is 20.0 Å². The Labute approximate surface area is 202 Å². The first kappa shape index (κ1) is 24.1. The van der Waals surface area contributed by atoms with Crippen molar-refractivity contribution in [1.82, 2.24) is 4.90 Å². The number of rotatable bonds is 9. The number of halogens is 1. The smallest absolute Gasteiger partial charge is 0.308 e. The predicted molar refractivity (Wildman–Crippen MR) is 129 cm³/mol. The highest BCUT2D eigenvalue weighted by atomic mass is 35.5. The van der Waals surface area contributed by atoms with E-state index in [4.69, 9.17) is 11.6 Å². The van der Waals surface area contributed by atoms with Gasteiger partial charge in [0.1, 0.15) is 6.04 Å². The minimum Gasteiger partial charge on any atom is -0.481 e. The van der Waals surface area contributed by atoms with Gasteiger partial charge in [0.25, 0.3) is 5.91 Å². The molecule has 0 aromatic heterocycles. The molecule has 9 heteroatoms. The SMILES string of the molecule is C=CCN(C(=O)C1N(CCCCO)C(=O)[C@@H]2[C@H](C(=O)O)[C@@H]3CCC12S3)c1c(C)cccc1Cl. The third kappa shape index (κ3) is 3.76. The highest BCUT2D eigenvalue weighted by Crippen LogP contribution is 2.66. The molecule has 7 nitrogen and oxygen atoms in total. The quantitative estimate of drug-likeness (QED) is 0.406. The molecular weight excluding hydrogens is 464 g/mol. The highest BCUT2D eigenvalue weighted by molar-refractivity contribution is 8.02. The van der Waals surface area contributed by atoms with Crippen molar-refractivity contribution in [3.8, 4) is 0 Å².